The molecule has 0 bridgehead atoms. The molecule has 2 amide bonds. The Balaban J connectivity index is 4.21. The minimum atomic E-state index is -1.04. The first-order chi connectivity index (χ1) is 7.69. The molecule has 17 heavy (non-hydrogen) atoms. The standard InChI is InChI=1S/C11H22N2O4/c1-7(2)8(9(14)15)13-10(16)12-6-11(3,4)17-5/h7-8H,6H2,1-5H3,(H,14,15)(H2,12,13,16)/t8-/m0/s1. The highest BCUT2D eigenvalue weighted by molar-refractivity contribution is 5.82. The summed E-state index contributed by atoms with van der Waals surface area (Å²) in [7, 11) is 1.55. The largest absolute Gasteiger partial charge is 0.480 e. The maximum absolute atomic E-state index is 11.5. The van der Waals surface area contributed by atoms with Crippen molar-refractivity contribution < 1.29 is 19.4 Å². The molecule has 3 N–H and O–H groups in total. The van der Waals surface area contributed by atoms with Gasteiger partial charge in [-0.3, -0.25) is 0 Å². The number of methoxy groups -OCH3 is 1. The third-order valence-electron chi connectivity index (χ3n) is 2.45. The molecule has 6 nitrogen and oxygen atoms in total. The van der Waals surface area contributed by atoms with Crippen LogP contribution in [-0.2, 0) is 9.53 Å². The number of urea groups is 1. The van der Waals surface area contributed by atoms with Gasteiger partial charge in [-0.05, 0) is 19.8 Å². The van der Waals surface area contributed by atoms with Gasteiger partial charge in [-0.2, -0.15) is 0 Å². The van der Waals surface area contributed by atoms with Crippen LogP contribution in [-0.4, -0.2) is 42.4 Å². The molecule has 0 aliphatic heterocycles. The summed E-state index contributed by atoms with van der Waals surface area (Å²) in [5.74, 6) is -1.21. The summed E-state index contributed by atoms with van der Waals surface area (Å²) in [6, 6.07) is -1.39. The number of ether oxygens (including phenoxy) is 1. The topological polar surface area (TPSA) is 87.7 Å². The molecule has 0 heterocycles. The van der Waals surface area contributed by atoms with Crippen molar-refractivity contribution >= 4 is 12.0 Å². The van der Waals surface area contributed by atoms with E-state index < -0.39 is 23.6 Å². The van der Waals surface area contributed by atoms with Crippen molar-refractivity contribution in [3.63, 3.8) is 0 Å². The zero-order valence-electron chi connectivity index (χ0n) is 11.0. The number of aliphatic carboxylic acids is 1. The van der Waals surface area contributed by atoms with Crippen molar-refractivity contribution in [3.05, 3.63) is 0 Å². The third kappa shape index (κ3) is 6.11. The number of carboxylic acid groups (broad SMARTS) is 1. The molecule has 0 saturated carbocycles. The molecule has 0 saturated heterocycles. The summed E-state index contributed by atoms with van der Waals surface area (Å²) in [6.07, 6.45) is 0. The Labute approximate surface area is 102 Å². The van der Waals surface area contributed by atoms with E-state index in [0.717, 1.165) is 0 Å². The lowest BCUT2D eigenvalue weighted by Gasteiger charge is -2.24. The summed E-state index contributed by atoms with van der Waals surface area (Å²) < 4.78 is 5.13. The van der Waals surface area contributed by atoms with Gasteiger partial charge in [0.15, 0.2) is 0 Å². The van der Waals surface area contributed by atoms with Gasteiger partial charge in [0.2, 0.25) is 0 Å². The van der Waals surface area contributed by atoms with E-state index in [2.05, 4.69) is 10.6 Å². The molecule has 0 rings (SSSR count). The lowest BCUT2D eigenvalue weighted by Crippen LogP contribution is -2.51. The Morgan fingerprint density at radius 3 is 2.24 bits per heavy atom. The molecule has 100 valence electrons. The van der Waals surface area contributed by atoms with Crippen molar-refractivity contribution in [1.29, 1.82) is 0 Å². The summed E-state index contributed by atoms with van der Waals surface area (Å²) in [6.45, 7) is 7.42. The fourth-order valence-electron chi connectivity index (χ4n) is 1.07. The SMILES string of the molecule is COC(C)(C)CNC(=O)N[C@H](C(=O)O)C(C)C. The number of hydrogen-bond acceptors (Lipinski definition) is 3. The first-order valence-corrected chi connectivity index (χ1v) is 5.52. The van der Waals surface area contributed by atoms with Crippen molar-refractivity contribution in [2.45, 2.75) is 39.3 Å². The van der Waals surface area contributed by atoms with Crippen LogP contribution in [0.2, 0.25) is 0 Å². The molecule has 0 aliphatic rings. The highest BCUT2D eigenvalue weighted by atomic mass is 16.5. The Hall–Kier alpha value is -1.30. The van der Waals surface area contributed by atoms with E-state index in [0.29, 0.717) is 6.54 Å². The third-order valence-corrected chi connectivity index (χ3v) is 2.45. The van der Waals surface area contributed by atoms with Crippen LogP contribution in [0.25, 0.3) is 0 Å². The maximum Gasteiger partial charge on any atom is 0.326 e. The monoisotopic (exact) mass is 246 g/mol. The van der Waals surface area contributed by atoms with E-state index in [4.69, 9.17) is 9.84 Å². The van der Waals surface area contributed by atoms with Crippen molar-refractivity contribution in [2.75, 3.05) is 13.7 Å². The molecule has 6 heteroatoms. The molecule has 0 aromatic carbocycles. The van der Waals surface area contributed by atoms with Crippen LogP contribution in [0.1, 0.15) is 27.7 Å². The minimum Gasteiger partial charge on any atom is -0.480 e. The molecule has 0 unspecified atom stereocenters. The van der Waals surface area contributed by atoms with Crippen LogP contribution < -0.4 is 10.6 Å². The normalized spacial score (nSPS) is 13.3. The van der Waals surface area contributed by atoms with Crippen molar-refractivity contribution in [2.24, 2.45) is 5.92 Å². The van der Waals surface area contributed by atoms with Gasteiger partial charge in [-0.15, -0.1) is 0 Å². The highest BCUT2D eigenvalue weighted by Crippen LogP contribution is 2.05. The maximum atomic E-state index is 11.5. The summed E-state index contributed by atoms with van der Waals surface area (Å²) >= 11 is 0. The summed E-state index contributed by atoms with van der Waals surface area (Å²) in [5.41, 5.74) is -0.478. The minimum absolute atomic E-state index is 0.173. The first-order valence-electron chi connectivity index (χ1n) is 5.52. The molecule has 0 aromatic heterocycles. The van der Waals surface area contributed by atoms with Gasteiger partial charge in [0.1, 0.15) is 6.04 Å². The predicted molar refractivity (Wildman–Crippen MR) is 63.9 cm³/mol. The van der Waals surface area contributed by atoms with E-state index in [1.165, 1.54) is 0 Å². The fourth-order valence-corrected chi connectivity index (χ4v) is 1.07. The number of carboxylic acids is 1. The zero-order valence-corrected chi connectivity index (χ0v) is 11.0. The lowest BCUT2D eigenvalue weighted by atomic mass is 10.1. The second-order valence-corrected chi connectivity index (χ2v) is 4.85. The molecular formula is C11H22N2O4. The number of hydrogen-bond donors (Lipinski definition) is 3. The van der Waals surface area contributed by atoms with E-state index in [-0.39, 0.29) is 5.92 Å². The Morgan fingerprint density at radius 1 is 1.35 bits per heavy atom. The van der Waals surface area contributed by atoms with E-state index in [9.17, 15) is 9.59 Å². The number of carbonyl (C=O) groups excluding carboxylic acids is 1. The Bertz CT molecular complexity index is 277. The second-order valence-electron chi connectivity index (χ2n) is 4.85. The molecule has 1 atom stereocenters. The lowest BCUT2D eigenvalue weighted by molar-refractivity contribution is -0.140. The van der Waals surface area contributed by atoms with Crippen LogP contribution in [0.4, 0.5) is 4.79 Å². The Kier molecular flexibility index (Phi) is 5.95. The molecule has 0 aliphatic carbocycles. The average Bonchev–Trinajstić information content (AvgIpc) is 2.22. The van der Waals surface area contributed by atoms with E-state index in [1.54, 1.807) is 21.0 Å². The quantitative estimate of drug-likeness (QED) is 0.647. The van der Waals surface area contributed by atoms with Gasteiger partial charge in [-0.25, -0.2) is 9.59 Å². The van der Waals surface area contributed by atoms with Gasteiger partial charge in [0.05, 0.1) is 5.60 Å². The highest BCUT2D eigenvalue weighted by Gasteiger charge is 2.24. The molecular weight excluding hydrogens is 224 g/mol. The van der Waals surface area contributed by atoms with Gasteiger partial charge in [-0.1, -0.05) is 13.8 Å². The van der Waals surface area contributed by atoms with Gasteiger partial charge in [0.25, 0.3) is 0 Å². The fraction of sp³-hybridized carbons (Fsp3) is 0.818. The number of rotatable bonds is 6. The smallest absolute Gasteiger partial charge is 0.326 e. The second kappa shape index (κ2) is 6.44. The summed E-state index contributed by atoms with van der Waals surface area (Å²) in [5, 5.41) is 13.9. The van der Waals surface area contributed by atoms with Crippen LogP contribution in [0.15, 0.2) is 0 Å². The number of nitrogens with one attached hydrogen (secondary N) is 2. The van der Waals surface area contributed by atoms with Crippen molar-refractivity contribution in [3.8, 4) is 0 Å². The first kappa shape index (κ1) is 15.7. The molecule has 0 spiro atoms. The van der Waals surface area contributed by atoms with E-state index in [1.807, 2.05) is 13.8 Å². The zero-order chi connectivity index (χ0) is 13.6. The van der Waals surface area contributed by atoms with Crippen LogP contribution in [0.3, 0.4) is 0 Å². The number of amides is 2. The Morgan fingerprint density at radius 2 is 1.88 bits per heavy atom. The van der Waals surface area contributed by atoms with Gasteiger partial charge >= 0.3 is 12.0 Å². The molecule has 0 fully saturated rings. The number of carbonyl (C=O) groups is 2. The van der Waals surface area contributed by atoms with Crippen molar-refractivity contribution in [1.82, 2.24) is 10.6 Å². The van der Waals surface area contributed by atoms with E-state index >= 15 is 0 Å². The van der Waals surface area contributed by atoms with Gasteiger partial charge < -0.3 is 20.5 Å². The van der Waals surface area contributed by atoms with Gasteiger partial charge in [0, 0.05) is 13.7 Å². The summed E-state index contributed by atoms with van der Waals surface area (Å²) in [4.78, 5) is 22.4. The van der Waals surface area contributed by atoms with Crippen LogP contribution >= 0.6 is 0 Å². The molecule has 0 aromatic rings. The van der Waals surface area contributed by atoms with Crippen LogP contribution in [0.5, 0.6) is 0 Å². The predicted octanol–water partition coefficient (Wildman–Crippen LogP) is 0.820. The average molecular weight is 246 g/mol. The van der Waals surface area contributed by atoms with Crippen LogP contribution in [0, 0.1) is 5.92 Å². The molecule has 0 radical (unpaired) electrons.